The number of hydrogen-bond donors (Lipinski definition) is 1. The number of nitrogens with one attached hydrogen (secondary N) is 1. The fourth-order valence-corrected chi connectivity index (χ4v) is 5.62. The zero-order chi connectivity index (χ0) is 21.5. The summed E-state index contributed by atoms with van der Waals surface area (Å²) in [5, 5.41) is 3.16. The second-order valence-electron chi connectivity index (χ2n) is 9.61. The number of Topliss-reactive ketones (excluding diaryl/α,β-unsaturated/α-hetero) is 3. The van der Waals surface area contributed by atoms with Gasteiger partial charge in [0.25, 0.3) is 0 Å². The first-order valence-electron chi connectivity index (χ1n) is 10.8. The highest BCUT2D eigenvalue weighted by Gasteiger charge is 2.65. The van der Waals surface area contributed by atoms with Gasteiger partial charge in [-0.2, -0.15) is 0 Å². The second-order valence-corrected chi connectivity index (χ2v) is 9.61. The van der Waals surface area contributed by atoms with Gasteiger partial charge < -0.3 is 5.32 Å². The van der Waals surface area contributed by atoms with E-state index in [1.165, 1.54) is 5.57 Å². The highest BCUT2D eigenvalue weighted by Crippen LogP contribution is 2.55. The molecule has 3 rings (SSSR count). The molecule has 5 unspecified atom stereocenters. The standard InChI is InChI=1S/C24H33NO4/c1-13(2)10-18-22-16(5)15(4)12-17-11-14(3)6-7-19(26)20(27)8-9-21(28)24(17,22)23(29)25-18/h11-13,16-18,22H,6-10H2,1-5H3,(H,25,29)/b14-11+. The Morgan fingerprint density at radius 2 is 1.62 bits per heavy atom. The fraction of sp³-hybridized carbons (Fsp3) is 0.667. The quantitative estimate of drug-likeness (QED) is 0.437. The summed E-state index contributed by atoms with van der Waals surface area (Å²) >= 11 is 0. The number of ketones is 3. The Labute approximate surface area is 173 Å². The van der Waals surface area contributed by atoms with E-state index in [0.717, 1.165) is 12.0 Å². The molecule has 158 valence electrons. The summed E-state index contributed by atoms with van der Waals surface area (Å²) < 4.78 is 0. The lowest BCUT2D eigenvalue weighted by Gasteiger charge is -2.45. The van der Waals surface area contributed by atoms with Crippen LogP contribution in [0.4, 0.5) is 0 Å². The molecule has 1 fully saturated rings. The summed E-state index contributed by atoms with van der Waals surface area (Å²) in [5.41, 5.74) is 0.954. The SMILES string of the molecule is CC1=CC2/C=C(\C)CCC(=O)C(=O)CCC(=O)C23C(=O)NC(CC(C)C)C3C1C. The predicted molar refractivity (Wildman–Crippen MR) is 111 cm³/mol. The van der Waals surface area contributed by atoms with Crippen LogP contribution < -0.4 is 5.32 Å². The summed E-state index contributed by atoms with van der Waals surface area (Å²) in [4.78, 5) is 51.5. The van der Waals surface area contributed by atoms with Gasteiger partial charge in [0.05, 0.1) is 0 Å². The van der Waals surface area contributed by atoms with E-state index < -0.39 is 17.0 Å². The molecule has 2 aliphatic carbocycles. The Balaban J connectivity index is 2.17. The van der Waals surface area contributed by atoms with Gasteiger partial charge >= 0.3 is 0 Å². The molecule has 1 saturated heterocycles. The van der Waals surface area contributed by atoms with Crippen LogP contribution >= 0.6 is 0 Å². The summed E-state index contributed by atoms with van der Waals surface area (Å²) in [6, 6.07) is -0.0660. The van der Waals surface area contributed by atoms with Crippen LogP contribution in [-0.2, 0) is 19.2 Å². The minimum Gasteiger partial charge on any atom is -0.352 e. The average molecular weight is 400 g/mol. The highest BCUT2D eigenvalue weighted by molar-refractivity contribution is 6.37. The van der Waals surface area contributed by atoms with E-state index >= 15 is 0 Å². The largest absolute Gasteiger partial charge is 0.352 e. The number of rotatable bonds is 2. The number of allylic oxidation sites excluding steroid dienone is 4. The van der Waals surface area contributed by atoms with Crippen molar-refractivity contribution in [3.8, 4) is 0 Å². The Morgan fingerprint density at radius 3 is 2.24 bits per heavy atom. The van der Waals surface area contributed by atoms with Crippen molar-refractivity contribution in [1.82, 2.24) is 5.32 Å². The lowest BCUT2D eigenvalue weighted by atomic mass is 9.54. The van der Waals surface area contributed by atoms with Gasteiger partial charge in [0, 0.05) is 37.1 Å². The molecule has 0 aromatic carbocycles. The molecule has 5 nitrogen and oxygen atoms in total. The monoisotopic (exact) mass is 399 g/mol. The van der Waals surface area contributed by atoms with Crippen molar-refractivity contribution in [3.05, 3.63) is 23.3 Å². The zero-order valence-electron chi connectivity index (χ0n) is 18.2. The first-order chi connectivity index (χ1) is 13.6. The van der Waals surface area contributed by atoms with Gasteiger partial charge in [0.1, 0.15) is 11.2 Å². The van der Waals surface area contributed by atoms with Gasteiger partial charge in [-0.25, -0.2) is 0 Å². The molecule has 0 bridgehead atoms. The molecule has 1 aliphatic heterocycles. The Bertz CT molecular complexity index is 806. The maximum absolute atomic E-state index is 13.7. The van der Waals surface area contributed by atoms with Crippen LogP contribution in [0.3, 0.4) is 0 Å². The van der Waals surface area contributed by atoms with E-state index in [0.29, 0.717) is 12.3 Å². The van der Waals surface area contributed by atoms with Crippen LogP contribution in [0.5, 0.6) is 0 Å². The third-order valence-electron chi connectivity index (χ3n) is 7.16. The topological polar surface area (TPSA) is 80.3 Å². The first-order valence-corrected chi connectivity index (χ1v) is 10.8. The lowest BCUT2D eigenvalue weighted by Crippen LogP contribution is -2.52. The minimum atomic E-state index is -1.19. The smallest absolute Gasteiger partial charge is 0.235 e. The molecule has 0 radical (unpaired) electrons. The molecule has 1 amide bonds. The van der Waals surface area contributed by atoms with Crippen molar-refractivity contribution < 1.29 is 19.2 Å². The maximum Gasteiger partial charge on any atom is 0.235 e. The molecule has 1 N–H and O–H groups in total. The highest BCUT2D eigenvalue weighted by atomic mass is 16.2. The van der Waals surface area contributed by atoms with Crippen LogP contribution in [0.15, 0.2) is 23.3 Å². The first kappa shape index (κ1) is 21.7. The van der Waals surface area contributed by atoms with Crippen molar-refractivity contribution in [3.63, 3.8) is 0 Å². The van der Waals surface area contributed by atoms with Crippen LogP contribution in [0, 0.1) is 29.1 Å². The molecule has 1 spiro atoms. The molecular formula is C24H33NO4. The summed E-state index contributed by atoms with van der Waals surface area (Å²) in [6.45, 7) is 10.3. The van der Waals surface area contributed by atoms with E-state index in [1.807, 2.05) is 13.0 Å². The minimum absolute atomic E-state index is 0.0497. The van der Waals surface area contributed by atoms with Gasteiger partial charge in [-0.15, -0.1) is 0 Å². The predicted octanol–water partition coefficient (Wildman–Crippen LogP) is 3.57. The molecular weight excluding hydrogens is 366 g/mol. The van der Waals surface area contributed by atoms with Crippen LogP contribution in [0.1, 0.15) is 66.7 Å². The molecule has 5 atom stereocenters. The molecule has 29 heavy (non-hydrogen) atoms. The van der Waals surface area contributed by atoms with E-state index in [4.69, 9.17) is 0 Å². The molecule has 0 aromatic heterocycles. The molecule has 5 heteroatoms. The number of carbonyl (C=O) groups is 4. The Hall–Kier alpha value is -2.04. The Morgan fingerprint density at radius 1 is 1.00 bits per heavy atom. The van der Waals surface area contributed by atoms with E-state index in [2.05, 4.69) is 39.1 Å². The molecule has 1 heterocycles. The van der Waals surface area contributed by atoms with Gasteiger partial charge in [-0.3, -0.25) is 19.2 Å². The van der Waals surface area contributed by atoms with Crippen molar-refractivity contribution in [2.45, 2.75) is 72.8 Å². The Kier molecular flexibility index (Phi) is 5.98. The van der Waals surface area contributed by atoms with Crippen LogP contribution in [0.2, 0.25) is 0 Å². The molecule has 0 saturated carbocycles. The fourth-order valence-electron chi connectivity index (χ4n) is 5.62. The average Bonchev–Trinajstić information content (AvgIpc) is 2.93. The maximum atomic E-state index is 13.7. The van der Waals surface area contributed by atoms with Crippen molar-refractivity contribution in [1.29, 1.82) is 0 Å². The van der Waals surface area contributed by atoms with Crippen LogP contribution in [-0.4, -0.2) is 29.3 Å². The summed E-state index contributed by atoms with van der Waals surface area (Å²) in [5.74, 6) is -1.31. The van der Waals surface area contributed by atoms with E-state index in [-0.39, 0.29) is 54.7 Å². The third kappa shape index (κ3) is 3.64. The zero-order valence-corrected chi connectivity index (χ0v) is 18.2. The van der Waals surface area contributed by atoms with Gasteiger partial charge in [0.2, 0.25) is 5.91 Å². The second kappa shape index (κ2) is 8.00. The van der Waals surface area contributed by atoms with Gasteiger partial charge in [-0.1, -0.05) is 44.1 Å². The van der Waals surface area contributed by atoms with Gasteiger partial charge in [0.15, 0.2) is 11.6 Å². The molecule has 0 aromatic rings. The van der Waals surface area contributed by atoms with Crippen molar-refractivity contribution in [2.24, 2.45) is 29.1 Å². The third-order valence-corrected chi connectivity index (χ3v) is 7.16. The number of amides is 1. The summed E-state index contributed by atoms with van der Waals surface area (Å²) in [6.07, 6.45) is 5.39. The normalized spacial score (nSPS) is 37.9. The number of hydrogen-bond acceptors (Lipinski definition) is 4. The van der Waals surface area contributed by atoms with Crippen LogP contribution in [0.25, 0.3) is 0 Å². The number of carbonyl (C=O) groups excluding carboxylic acids is 4. The van der Waals surface area contributed by atoms with Crippen molar-refractivity contribution >= 4 is 23.3 Å². The van der Waals surface area contributed by atoms with E-state index in [1.54, 1.807) is 0 Å². The lowest BCUT2D eigenvalue weighted by molar-refractivity contribution is -0.146. The van der Waals surface area contributed by atoms with Crippen molar-refractivity contribution in [2.75, 3.05) is 0 Å². The molecule has 3 aliphatic rings. The van der Waals surface area contributed by atoms with Gasteiger partial charge in [-0.05, 0) is 38.5 Å². The summed E-state index contributed by atoms with van der Waals surface area (Å²) in [7, 11) is 0. The van der Waals surface area contributed by atoms with E-state index in [9.17, 15) is 19.2 Å².